The van der Waals surface area contributed by atoms with Crippen molar-refractivity contribution >= 4 is 33.7 Å². The van der Waals surface area contributed by atoms with Crippen LogP contribution in [0.2, 0.25) is 0 Å². The molecule has 0 aliphatic carbocycles. The first-order valence-corrected chi connectivity index (χ1v) is 10.4. The minimum atomic E-state index is -2.72. The van der Waals surface area contributed by atoms with E-state index >= 15 is 0 Å². The summed E-state index contributed by atoms with van der Waals surface area (Å²) in [5.74, 6) is 0.369. The van der Waals surface area contributed by atoms with Crippen LogP contribution in [-0.4, -0.2) is 32.8 Å². The highest BCUT2D eigenvalue weighted by Crippen LogP contribution is 2.29. The first-order valence-electron chi connectivity index (χ1n) is 9.38. The molecule has 0 saturated carbocycles. The molecule has 4 rings (SSSR count). The van der Waals surface area contributed by atoms with E-state index in [2.05, 4.69) is 9.97 Å². The first-order chi connectivity index (χ1) is 14.5. The van der Waals surface area contributed by atoms with Gasteiger partial charge >= 0.3 is 6.55 Å². The van der Waals surface area contributed by atoms with Crippen molar-refractivity contribution in [2.45, 2.75) is 30.4 Å². The summed E-state index contributed by atoms with van der Waals surface area (Å²) in [5.41, 5.74) is 1.26. The molecule has 0 bridgehead atoms. The number of aromatic nitrogens is 4. The van der Waals surface area contributed by atoms with Crippen molar-refractivity contribution in [3.05, 3.63) is 64.7 Å². The van der Waals surface area contributed by atoms with Gasteiger partial charge in [0.2, 0.25) is 0 Å². The van der Waals surface area contributed by atoms with Gasteiger partial charge in [0.25, 0.3) is 5.56 Å². The molecule has 0 N–H and O–H groups in total. The van der Waals surface area contributed by atoms with Crippen molar-refractivity contribution < 1.29 is 13.5 Å². The average molecular weight is 430 g/mol. The van der Waals surface area contributed by atoms with Gasteiger partial charge in [0.15, 0.2) is 5.16 Å². The monoisotopic (exact) mass is 430 g/mol. The van der Waals surface area contributed by atoms with E-state index in [0.29, 0.717) is 33.7 Å². The van der Waals surface area contributed by atoms with Gasteiger partial charge in [-0.15, -0.1) is 0 Å². The number of rotatable bonds is 7. The zero-order chi connectivity index (χ0) is 21.3. The molecule has 156 valence electrons. The fourth-order valence-corrected chi connectivity index (χ4v) is 4.50. The molecule has 6 nitrogen and oxygen atoms in total. The summed E-state index contributed by atoms with van der Waals surface area (Å²) in [7, 11) is 1.56. The van der Waals surface area contributed by atoms with Gasteiger partial charge in [-0.1, -0.05) is 36.0 Å². The Morgan fingerprint density at radius 3 is 2.47 bits per heavy atom. The van der Waals surface area contributed by atoms with Crippen LogP contribution in [0.25, 0.3) is 21.9 Å². The summed E-state index contributed by atoms with van der Waals surface area (Å²) < 4.78 is 35.1. The predicted molar refractivity (Wildman–Crippen MR) is 113 cm³/mol. The molecule has 1 unspecified atom stereocenters. The number of para-hydroxylation sites is 3. The number of halogens is 2. The van der Waals surface area contributed by atoms with Crippen LogP contribution in [-0.2, 0) is 10.5 Å². The Bertz CT molecular complexity index is 1250. The van der Waals surface area contributed by atoms with Crippen molar-refractivity contribution in [1.82, 2.24) is 19.1 Å². The quantitative estimate of drug-likeness (QED) is 0.316. The summed E-state index contributed by atoms with van der Waals surface area (Å²) in [5, 5.41) is 0.945. The molecule has 0 fully saturated rings. The van der Waals surface area contributed by atoms with Crippen LogP contribution < -0.4 is 5.56 Å². The third-order valence-electron chi connectivity index (χ3n) is 4.82. The lowest BCUT2D eigenvalue weighted by Gasteiger charge is -2.19. The van der Waals surface area contributed by atoms with Gasteiger partial charge in [0, 0.05) is 7.11 Å². The molecular weight excluding hydrogens is 410 g/mol. The Balaban J connectivity index is 1.77. The number of imidazole rings is 1. The van der Waals surface area contributed by atoms with Crippen molar-refractivity contribution in [1.29, 1.82) is 0 Å². The van der Waals surface area contributed by atoms with Crippen molar-refractivity contribution in [2.75, 3.05) is 13.7 Å². The highest BCUT2D eigenvalue weighted by molar-refractivity contribution is 7.98. The Morgan fingerprint density at radius 1 is 1.03 bits per heavy atom. The molecule has 30 heavy (non-hydrogen) atoms. The Hall–Kier alpha value is -2.78. The lowest BCUT2D eigenvalue weighted by molar-refractivity contribution is 0.0722. The second-order valence-corrected chi connectivity index (χ2v) is 7.79. The molecular formula is C21H20F2N4O2S. The highest BCUT2D eigenvalue weighted by Gasteiger charge is 2.20. The topological polar surface area (TPSA) is 61.9 Å². The summed E-state index contributed by atoms with van der Waals surface area (Å²) in [6.07, 6.45) is 0. The van der Waals surface area contributed by atoms with E-state index in [-0.39, 0.29) is 23.2 Å². The predicted octanol–water partition coefficient (Wildman–Crippen LogP) is 4.64. The number of ether oxygens (including phenoxy) is 1. The van der Waals surface area contributed by atoms with Crippen LogP contribution in [0.1, 0.15) is 25.3 Å². The average Bonchev–Trinajstić information content (AvgIpc) is 3.11. The smallest absolute Gasteiger partial charge is 0.320 e. The van der Waals surface area contributed by atoms with Gasteiger partial charge in [-0.05, 0) is 31.2 Å². The van der Waals surface area contributed by atoms with Crippen LogP contribution >= 0.6 is 11.8 Å². The van der Waals surface area contributed by atoms with Gasteiger partial charge in [-0.3, -0.25) is 13.9 Å². The molecule has 2 aromatic heterocycles. The fourth-order valence-electron chi connectivity index (χ4n) is 3.47. The molecule has 0 radical (unpaired) electrons. The van der Waals surface area contributed by atoms with Crippen molar-refractivity contribution in [2.24, 2.45) is 0 Å². The lowest BCUT2D eigenvalue weighted by Crippen LogP contribution is -2.28. The summed E-state index contributed by atoms with van der Waals surface area (Å²) >= 11 is 1.21. The van der Waals surface area contributed by atoms with E-state index in [1.54, 1.807) is 54.1 Å². The largest absolute Gasteiger partial charge is 0.383 e. The number of hydrogen-bond donors (Lipinski definition) is 0. The minimum absolute atomic E-state index is 0.142. The van der Waals surface area contributed by atoms with Gasteiger partial charge in [0.1, 0.15) is 5.82 Å². The number of benzene rings is 2. The second kappa shape index (κ2) is 8.53. The Kier molecular flexibility index (Phi) is 5.83. The van der Waals surface area contributed by atoms with Gasteiger partial charge in [0.05, 0.1) is 40.3 Å². The molecule has 2 heterocycles. The van der Waals surface area contributed by atoms with Crippen molar-refractivity contribution in [3.8, 4) is 0 Å². The van der Waals surface area contributed by atoms with E-state index in [4.69, 9.17) is 4.74 Å². The maximum Gasteiger partial charge on any atom is 0.320 e. The Morgan fingerprint density at radius 2 is 1.73 bits per heavy atom. The number of alkyl halides is 2. The van der Waals surface area contributed by atoms with Crippen LogP contribution in [0.4, 0.5) is 8.78 Å². The van der Waals surface area contributed by atoms with Crippen molar-refractivity contribution in [3.63, 3.8) is 0 Å². The van der Waals surface area contributed by atoms with Gasteiger partial charge < -0.3 is 4.74 Å². The highest BCUT2D eigenvalue weighted by atomic mass is 32.2. The molecule has 2 aromatic carbocycles. The van der Waals surface area contributed by atoms with E-state index in [1.165, 1.54) is 11.8 Å². The van der Waals surface area contributed by atoms with Crippen LogP contribution in [0.15, 0.2) is 58.5 Å². The molecule has 0 spiro atoms. The third-order valence-corrected chi connectivity index (χ3v) is 5.77. The second-order valence-electron chi connectivity index (χ2n) is 6.84. The number of fused-ring (bicyclic) bond motifs is 2. The van der Waals surface area contributed by atoms with E-state index in [1.807, 2.05) is 13.0 Å². The van der Waals surface area contributed by atoms with Crippen LogP contribution in [0.5, 0.6) is 0 Å². The molecule has 0 aliphatic heterocycles. The van der Waals surface area contributed by atoms with Crippen LogP contribution in [0.3, 0.4) is 0 Å². The summed E-state index contributed by atoms with van der Waals surface area (Å²) in [6.45, 7) is -0.532. The molecule has 0 saturated heterocycles. The van der Waals surface area contributed by atoms with Gasteiger partial charge in [-0.25, -0.2) is 9.97 Å². The van der Waals surface area contributed by atoms with Gasteiger partial charge in [-0.2, -0.15) is 8.78 Å². The molecule has 0 amide bonds. The third kappa shape index (κ3) is 3.70. The SMILES string of the molecule is COCC(C)n1c(SCc2nc3ccccc3n2C(F)F)nc2ccccc2c1=O. The molecule has 9 heteroatoms. The summed E-state index contributed by atoms with van der Waals surface area (Å²) in [4.78, 5) is 22.1. The maximum atomic E-state index is 13.7. The number of nitrogens with zero attached hydrogens (tertiary/aromatic N) is 4. The standard InChI is InChI=1S/C21H20F2N4O2S/c1-13(11-29-2)26-19(28)14-7-3-4-8-15(14)25-21(26)30-12-18-24-16-9-5-6-10-17(16)27(18)20(22)23/h3-10,13,20H,11-12H2,1-2H3. The number of thioether (sulfide) groups is 1. The summed E-state index contributed by atoms with van der Waals surface area (Å²) in [6, 6.07) is 13.6. The first kappa shape index (κ1) is 20.5. The van der Waals surface area contributed by atoms with E-state index in [0.717, 1.165) is 4.57 Å². The minimum Gasteiger partial charge on any atom is -0.383 e. The number of methoxy groups -OCH3 is 1. The number of hydrogen-bond acceptors (Lipinski definition) is 5. The zero-order valence-corrected chi connectivity index (χ0v) is 17.3. The lowest BCUT2D eigenvalue weighted by atomic mass is 10.2. The molecule has 4 aromatic rings. The maximum absolute atomic E-state index is 13.7. The molecule has 0 aliphatic rings. The normalized spacial score (nSPS) is 12.8. The molecule has 1 atom stereocenters. The van der Waals surface area contributed by atoms with E-state index in [9.17, 15) is 13.6 Å². The van der Waals surface area contributed by atoms with E-state index < -0.39 is 6.55 Å². The Labute approximate surface area is 175 Å². The zero-order valence-electron chi connectivity index (χ0n) is 16.5. The van der Waals surface area contributed by atoms with Crippen LogP contribution in [0, 0.1) is 0 Å². The fraction of sp³-hybridized carbons (Fsp3) is 0.286.